The summed E-state index contributed by atoms with van der Waals surface area (Å²) in [6.45, 7) is 4.23. The van der Waals surface area contributed by atoms with Crippen molar-refractivity contribution < 1.29 is 0 Å². The van der Waals surface area contributed by atoms with Gasteiger partial charge in [-0.3, -0.25) is 0 Å². The molecule has 0 radical (unpaired) electrons. The number of nitrogens with one attached hydrogen (secondary N) is 1. The Balaban J connectivity index is 2.36. The highest BCUT2D eigenvalue weighted by atomic mass is 32.2. The standard InChI is InChI=1S/C9H18N2S2/c1-7(2)10-9(12)11(3)8-4-5-13-6-8/h7-8H,4-6H2,1-3H3,(H,10,12). The number of hydrogen-bond acceptors (Lipinski definition) is 2. The monoisotopic (exact) mass is 218 g/mol. The van der Waals surface area contributed by atoms with Crippen LogP contribution in [0.15, 0.2) is 0 Å². The third-order valence-electron chi connectivity index (χ3n) is 2.19. The molecule has 2 nitrogen and oxygen atoms in total. The molecule has 1 rings (SSSR count). The van der Waals surface area contributed by atoms with Crippen LogP contribution in [-0.4, -0.2) is 40.6 Å². The average Bonchev–Trinajstić information content (AvgIpc) is 2.53. The molecule has 1 N–H and O–H groups in total. The summed E-state index contributed by atoms with van der Waals surface area (Å²) in [7, 11) is 2.09. The Kier molecular flexibility index (Phi) is 4.32. The van der Waals surface area contributed by atoms with Crippen LogP contribution >= 0.6 is 24.0 Å². The lowest BCUT2D eigenvalue weighted by Crippen LogP contribution is -2.45. The van der Waals surface area contributed by atoms with Crippen LogP contribution in [0.5, 0.6) is 0 Å². The Morgan fingerprint density at radius 2 is 2.31 bits per heavy atom. The molecule has 0 spiro atoms. The Labute approximate surface area is 90.4 Å². The number of nitrogens with zero attached hydrogens (tertiary/aromatic N) is 1. The SMILES string of the molecule is CC(C)NC(=S)N(C)C1CCSC1. The van der Waals surface area contributed by atoms with Gasteiger partial charge in [-0.2, -0.15) is 11.8 Å². The van der Waals surface area contributed by atoms with E-state index in [1.165, 1.54) is 17.9 Å². The number of thiocarbonyl (C=S) groups is 1. The largest absolute Gasteiger partial charge is 0.360 e. The molecule has 0 aromatic rings. The minimum atomic E-state index is 0.434. The zero-order valence-electron chi connectivity index (χ0n) is 8.54. The molecule has 0 saturated carbocycles. The van der Waals surface area contributed by atoms with Gasteiger partial charge >= 0.3 is 0 Å². The molecule has 0 aromatic carbocycles. The molecular weight excluding hydrogens is 200 g/mol. The maximum absolute atomic E-state index is 5.30. The van der Waals surface area contributed by atoms with Crippen LogP contribution in [0.1, 0.15) is 20.3 Å². The van der Waals surface area contributed by atoms with Crippen molar-refractivity contribution in [3.05, 3.63) is 0 Å². The van der Waals surface area contributed by atoms with E-state index in [2.05, 4.69) is 31.1 Å². The maximum atomic E-state index is 5.30. The van der Waals surface area contributed by atoms with E-state index in [1.807, 2.05) is 11.8 Å². The molecule has 1 heterocycles. The molecule has 4 heteroatoms. The molecule has 0 aromatic heterocycles. The smallest absolute Gasteiger partial charge is 0.169 e. The zero-order valence-corrected chi connectivity index (χ0v) is 10.2. The molecule has 0 aliphatic carbocycles. The topological polar surface area (TPSA) is 15.3 Å². The maximum Gasteiger partial charge on any atom is 0.169 e. The second kappa shape index (κ2) is 5.05. The zero-order chi connectivity index (χ0) is 9.84. The first-order valence-electron chi connectivity index (χ1n) is 4.72. The second-order valence-corrected chi connectivity index (χ2v) is 5.27. The Morgan fingerprint density at radius 3 is 2.77 bits per heavy atom. The minimum Gasteiger partial charge on any atom is -0.360 e. The Bertz CT molecular complexity index is 176. The van der Waals surface area contributed by atoms with E-state index in [9.17, 15) is 0 Å². The molecule has 1 aliphatic rings. The van der Waals surface area contributed by atoms with Crippen molar-refractivity contribution in [2.24, 2.45) is 0 Å². The lowest BCUT2D eigenvalue weighted by molar-refractivity contribution is 0.388. The molecule has 1 aliphatic heterocycles. The molecule has 1 fully saturated rings. The second-order valence-electron chi connectivity index (χ2n) is 3.73. The van der Waals surface area contributed by atoms with Gasteiger partial charge in [0.2, 0.25) is 0 Å². The fourth-order valence-electron chi connectivity index (χ4n) is 1.34. The molecule has 1 atom stereocenters. The van der Waals surface area contributed by atoms with E-state index in [-0.39, 0.29) is 0 Å². The van der Waals surface area contributed by atoms with Gasteiger partial charge in [0.25, 0.3) is 0 Å². The molecule has 13 heavy (non-hydrogen) atoms. The normalized spacial score (nSPS) is 22.0. The van der Waals surface area contributed by atoms with Crippen LogP contribution in [0, 0.1) is 0 Å². The molecule has 1 saturated heterocycles. The Morgan fingerprint density at radius 1 is 1.62 bits per heavy atom. The summed E-state index contributed by atoms with van der Waals surface area (Å²) in [6.07, 6.45) is 1.26. The van der Waals surface area contributed by atoms with E-state index in [4.69, 9.17) is 12.2 Å². The lowest BCUT2D eigenvalue weighted by atomic mass is 10.2. The molecule has 76 valence electrons. The summed E-state index contributed by atoms with van der Waals surface area (Å²) in [5.41, 5.74) is 0. The summed E-state index contributed by atoms with van der Waals surface area (Å²) >= 11 is 7.31. The van der Waals surface area contributed by atoms with Crippen LogP contribution in [-0.2, 0) is 0 Å². The van der Waals surface area contributed by atoms with Crippen molar-refractivity contribution in [3.63, 3.8) is 0 Å². The molecular formula is C9H18N2S2. The van der Waals surface area contributed by atoms with Gasteiger partial charge in [-0.25, -0.2) is 0 Å². The summed E-state index contributed by atoms with van der Waals surface area (Å²) in [6, 6.07) is 1.08. The van der Waals surface area contributed by atoms with Crippen molar-refractivity contribution in [2.75, 3.05) is 18.6 Å². The van der Waals surface area contributed by atoms with E-state index in [0.717, 1.165) is 5.11 Å². The van der Waals surface area contributed by atoms with Gasteiger partial charge in [-0.15, -0.1) is 0 Å². The number of hydrogen-bond donors (Lipinski definition) is 1. The highest BCUT2D eigenvalue weighted by Crippen LogP contribution is 2.21. The third-order valence-corrected chi connectivity index (χ3v) is 3.74. The first kappa shape index (κ1) is 11.1. The van der Waals surface area contributed by atoms with Crippen molar-refractivity contribution in [2.45, 2.75) is 32.4 Å². The van der Waals surface area contributed by atoms with E-state index in [0.29, 0.717) is 12.1 Å². The van der Waals surface area contributed by atoms with Crippen molar-refractivity contribution >= 4 is 29.1 Å². The predicted octanol–water partition coefficient (Wildman–Crippen LogP) is 1.71. The van der Waals surface area contributed by atoms with Gasteiger partial charge in [0.05, 0.1) is 0 Å². The summed E-state index contributed by atoms with van der Waals surface area (Å²) in [5, 5.41) is 4.16. The highest BCUT2D eigenvalue weighted by Gasteiger charge is 2.21. The van der Waals surface area contributed by atoms with Gasteiger partial charge in [0.15, 0.2) is 5.11 Å². The first-order chi connectivity index (χ1) is 6.11. The quantitative estimate of drug-likeness (QED) is 0.709. The summed E-state index contributed by atoms with van der Waals surface area (Å²) in [4.78, 5) is 2.20. The van der Waals surface area contributed by atoms with E-state index >= 15 is 0 Å². The van der Waals surface area contributed by atoms with Crippen molar-refractivity contribution in [1.29, 1.82) is 0 Å². The molecule has 0 amide bonds. The lowest BCUT2D eigenvalue weighted by Gasteiger charge is -2.28. The highest BCUT2D eigenvalue weighted by molar-refractivity contribution is 7.99. The van der Waals surface area contributed by atoms with Crippen LogP contribution in [0.4, 0.5) is 0 Å². The van der Waals surface area contributed by atoms with E-state index < -0.39 is 0 Å². The van der Waals surface area contributed by atoms with Gasteiger partial charge in [0.1, 0.15) is 0 Å². The van der Waals surface area contributed by atoms with Gasteiger partial charge in [0, 0.05) is 24.9 Å². The fourth-order valence-corrected chi connectivity index (χ4v) is 2.99. The summed E-state index contributed by atoms with van der Waals surface area (Å²) < 4.78 is 0. The van der Waals surface area contributed by atoms with Crippen LogP contribution in [0.25, 0.3) is 0 Å². The van der Waals surface area contributed by atoms with Gasteiger partial charge in [-0.1, -0.05) is 0 Å². The third kappa shape index (κ3) is 3.35. The fraction of sp³-hybridized carbons (Fsp3) is 0.889. The molecule has 0 bridgehead atoms. The average molecular weight is 218 g/mol. The molecule has 1 unspecified atom stereocenters. The van der Waals surface area contributed by atoms with Crippen molar-refractivity contribution in [3.8, 4) is 0 Å². The van der Waals surface area contributed by atoms with Crippen molar-refractivity contribution in [1.82, 2.24) is 10.2 Å². The number of thioether (sulfide) groups is 1. The predicted molar refractivity (Wildman–Crippen MR) is 64.4 cm³/mol. The summed E-state index contributed by atoms with van der Waals surface area (Å²) in [5.74, 6) is 2.50. The van der Waals surface area contributed by atoms with Crippen LogP contribution in [0.2, 0.25) is 0 Å². The van der Waals surface area contributed by atoms with Gasteiger partial charge in [-0.05, 0) is 38.2 Å². The number of rotatable bonds is 2. The van der Waals surface area contributed by atoms with E-state index in [1.54, 1.807) is 0 Å². The van der Waals surface area contributed by atoms with Gasteiger partial charge < -0.3 is 10.2 Å². The Hall–Kier alpha value is 0.0400. The van der Waals surface area contributed by atoms with Crippen LogP contribution in [0.3, 0.4) is 0 Å². The van der Waals surface area contributed by atoms with Crippen LogP contribution < -0.4 is 5.32 Å². The minimum absolute atomic E-state index is 0.434. The first-order valence-corrected chi connectivity index (χ1v) is 6.28.